The van der Waals surface area contributed by atoms with Crippen LogP contribution in [0.2, 0.25) is 0 Å². The van der Waals surface area contributed by atoms with E-state index in [1.807, 2.05) is 11.8 Å². The van der Waals surface area contributed by atoms with Gasteiger partial charge in [0, 0.05) is 51.2 Å². The topological polar surface area (TPSA) is 72.8 Å². The van der Waals surface area contributed by atoms with Crippen LogP contribution in [0.4, 0.5) is 0 Å². The van der Waals surface area contributed by atoms with Crippen molar-refractivity contribution in [2.75, 3.05) is 46.4 Å². The van der Waals surface area contributed by atoms with E-state index in [0.29, 0.717) is 13.0 Å². The van der Waals surface area contributed by atoms with E-state index >= 15 is 0 Å². The van der Waals surface area contributed by atoms with Gasteiger partial charge in [0.05, 0.1) is 17.2 Å². The van der Waals surface area contributed by atoms with Crippen LogP contribution in [0.3, 0.4) is 0 Å². The molecule has 0 radical (unpaired) electrons. The first-order valence-corrected chi connectivity index (χ1v) is 9.41. The summed E-state index contributed by atoms with van der Waals surface area (Å²) in [4.78, 5) is 20.3. The maximum Gasteiger partial charge on any atom is 0.222 e. The first kappa shape index (κ1) is 17.7. The quantitative estimate of drug-likeness (QED) is 0.841. The molecule has 1 unspecified atom stereocenters. The molecule has 8 heteroatoms. The lowest BCUT2D eigenvalue weighted by Gasteiger charge is -2.49. The molecule has 2 aliphatic heterocycles. The molecular weight excluding hydrogens is 326 g/mol. The van der Waals surface area contributed by atoms with Gasteiger partial charge in [0.15, 0.2) is 0 Å². The minimum atomic E-state index is 0.0400. The Hall–Kier alpha value is -1.09. The Bertz CT molecular complexity index is 581. The number of amides is 1. The summed E-state index contributed by atoms with van der Waals surface area (Å²) in [6, 6.07) is 0. The fourth-order valence-corrected chi connectivity index (χ4v) is 4.54. The molecule has 3 heterocycles. The number of β-amino-alcohol motifs (C(OH)–C–C–N with tert-alkyl or cyclic N) is 1. The van der Waals surface area contributed by atoms with E-state index in [-0.39, 0.29) is 18.1 Å². The van der Waals surface area contributed by atoms with Crippen molar-refractivity contribution < 1.29 is 9.90 Å². The number of aliphatic hydroxyl groups is 1. The highest BCUT2D eigenvalue weighted by Gasteiger charge is 2.42. The molecule has 2 fully saturated rings. The van der Waals surface area contributed by atoms with Gasteiger partial charge in [-0.05, 0) is 38.3 Å². The van der Waals surface area contributed by atoms with Gasteiger partial charge in [-0.3, -0.25) is 14.6 Å². The zero-order valence-corrected chi connectivity index (χ0v) is 15.4. The van der Waals surface area contributed by atoms with Crippen molar-refractivity contribution >= 4 is 17.4 Å². The van der Waals surface area contributed by atoms with Crippen LogP contribution in [0, 0.1) is 6.92 Å². The lowest BCUT2D eigenvalue weighted by atomic mass is 9.86. The number of hydrogen-bond acceptors (Lipinski definition) is 7. The number of likely N-dealkylation sites (tertiary alicyclic amines) is 1. The number of piperazine rings is 1. The van der Waals surface area contributed by atoms with Crippen molar-refractivity contribution in [3.8, 4) is 0 Å². The van der Waals surface area contributed by atoms with E-state index in [4.69, 9.17) is 0 Å². The van der Waals surface area contributed by atoms with E-state index in [1.54, 1.807) is 0 Å². The number of hydrogen-bond donors (Lipinski definition) is 1. The van der Waals surface area contributed by atoms with Gasteiger partial charge in [-0.2, -0.15) is 0 Å². The Morgan fingerprint density at radius 1 is 1.29 bits per heavy atom. The van der Waals surface area contributed by atoms with Crippen LogP contribution in [0.25, 0.3) is 0 Å². The minimum absolute atomic E-state index is 0.0400. The standard InChI is InChI=1S/C16H27N5O2S/c1-13-14(24-18-17-13)11-20-8-7-19(2)16(12-20)4-3-15(23)21(6-5-16)9-10-22/h22H,3-12H2,1-2H3. The number of rotatable bonds is 4. The first-order valence-electron chi connectivity index (χ1n) is 8.64. The number of nitrogens with zero attached hydrogens (tertiary/aromatic N) is 5. The Morgan fingerprint density at radius 3 is 2.83 bits per heavy atom. The fraction of sp³-hybridized carbons (Fsp3) is 0.812. The van der Waals surface area contributed by atoms with Crippen LogP contribution in [0.5, 0.6) is 0 Å². The molecule has 1 amide bonds. The van der Waals surface area contributed by atoms with Crippen molar-refractivity contribution in [1.29, 1.82) is 0 Å². The van der Waals surface area contributed by atoms with E-state index in [9.17, 15) is 9.90 Å². The maximum absolute atomic E-state index is 12.3. The van der Waals surface area contributed by atoms with Gasteiger partial charge in [0.25, 0.3) is 0 Å². The highest BCUT2D eigenvalue weighted by atomic mass is 32.1. The Balaban J connectivity index is 1.70. The molecular formula is C16H27N5O2S. The smallest absolute Gasteiger partial charge is 0.222 e. The van der Waals surface area contributed by atoms with Gasteiger partial charge < -0.3 is 10.0 Å². The highest BCUT2D eigenvalue weighted by Crippen LogP contribution is 2.33. The summed E-state index contributed by atoms with van der Waals surface area (Å²) in [6.07, 6.45) is 2.42. The molecule has 1 spiro atoms. The number of aromatic nitrogens is 2. The zero-order valence-electron chi connectivity index (χ0n) is 14.6. The summed E-state index contributed by atoms with van der Waals surface area (Å²) in [7, 11) is 2.18. The largest absolute Gasteiger partial charge is 0.395 e. The molecule has 1 N–H and O–H groups in total. The molecule has 0 aromatic carbocycles. The predicted molar refractivity (Wildman–Crippen MR) is 92.8 cm³/mol. The van der Waals surface area contributed by atoms with E-state index in [1.165, 1.54) is 16.4 Å². The minimum Gasteiger partial charge on any atom is -0.395 e. The maximum atomic E-state index is 12.3. The fourth-order valence-electron chi connectivity index (χ4n) is 3.87. The SMILES string of the molecule is Cc1nnsc1CN1CCN(C)C2(CCC(=O)N(CCO)CC2)C1. The number of aryl methyl sites for hydroxylation is 1. The lowest BCUT2D eigenvalue weighted by molar-refractivity contribution is -0.131. The molecule has 2 saturated heterocycles. The first-order chi connectivity index (χ1) is 11.5. The molecule has 2 aliphatic rings. The highest BCUT2D eigenvalue weighted by molar-refractivity contribution is 7.05. The van der Waals surface area contributed by atoms with Gasteiger partial charge in [-0.25, -0.2) is 0 Å². The number of likely N-dealkylation sites (N-methyl/N-ethyl adjacent to an activating group) is 1. The van der Waals surface area contributed by atoms with Crippen molar-refractivity contribution in [2.24, 2.45) is 0 Å². The Labute approximate surface area is 147 Å². The van der Waals surface area contributed by atoms with Gasteiger partial charge in [0.1, 0.15) is 0 Å². The summed E-state index contributed by atoms with van der Waals surface area (Å²) in [6.45, 7) is 7.16. The molecule has 0 saturated carbocycles. The lowest BCUT2D eigenvalue weighted by Crippen LogP contribution is -2.60. The van der Waals surface area contributed by atoms with Gasteiger partial charge in [0.2, 0.25) is 5.91 Å². The van der Waals surface area contributed by atoms with Crippen molar-refractivity contribution in [3.63, 3.8) is 0 Å². The van der Waals surface area contributed by atoms with Crippen LogP contribution in [-0.2, 0) is 11.3 Å². The summed E-state index contributed by atoms with van der Waals surface area (Å²) in [5.41, 5.74) is 1.07. The molecule has 3 rings (SSSR count). The second kappa shape index (κ2) is 7.43. The molecule has 1 aromatic rings. The van der Waals surface area contributed by atoms with E-state index in [2.05, 4.69) is 26.4 Å². The second-order valence-corrected chi connectivity index (χ2v) is 7.83. The summed E-state index contributed by atoms with van der Waals surface area (Å²) >= 11 is 1.48. The Kier molecular flexibility index (Phi) is 5.49. The number of aliphatic hydroxyl groups excluding tert-OH is 1. The van der Waals surface area contributed by atoms with Gasteiger partial charge >= 0.3 is 0 Å². The van der Waals surface area contributed by atoms with Crippen LogP contribution in [0.15, 0.2) is 0 Å². The van der Waals surface area contributed by atoms with Crippen molar-refractivity contribution in [2.45, 2.75) is 38.3 Å². The average molecular weight is 353 g/mol. The molecule has 0 bridgehead atoms. The van der Waals surface area contributed by atoms with Crippen molar-refractivity contribution in [1.82, 2.24) is 24.3 Å². The molecule has 1 atom stereocenters. The van der Waals surface area contributed by atoms with Crippen LogP contribution in [-0.4, -0.2) is 87.2 Å². The number of carbonyl (C=O) groups is 1. The second-order valence-electron chi connectivity index (χ2n) is 6.99. The monoisotopic (exact) mass is 353 g/mol. The molecule has 24 heavy (non-hydrogen) atoms. The van der Waals surface area contributed by atoms with Crippen molar-refractivity contribution in [3.05, 3.63) is 10.6 Å². The molecule has 0 aliphatic carbocycles. The van der Waals surface area contributed by atoms with Crippen LogP contribution < -0.4 is 0 Å². The molecule has 7 nitrogen and oxygen atoms in total. The van der Waals surface area contributed by atoms with Crippen LogP contribution in [0.1, 0.15) is 29.8 Å². The zero-order chi connectivity index (χ0) is 17.2. The van der Waals surface area contributed by atoms with Gasteiger partial charge in [-0.1, -0.05) is 4.49 Å². The van der Waals surface area contributed by atoms with E-state index in [0.717, 1.165) is 51.3 Å². The summed E-state index contributed by atoms with van der Waals surface area (Å²) in [5, 5.41) is 13.3. The summed E-state index contributed by atoms with van der Waals surface area (Å²) in [5.74, 6) is 0.175. The third-order valence-electron chi connectivity index (χ3n) is 5.57. The third-order valence-corrected chi connectivity index (χ3v) is 6.37. The summed E-state index contributed by atoms with van der Waals surface area (Å²) < 4.78 is 4.04. The van der Waals surface area contributed by atoms with Crippen LogP contribution >= 0.6 is 11.5 Å². The van der Waals surface area contributed by atoms with Gasteiger partial charge in [-0.15, -0.1) is 5.10 Å². The molecule has 134 valence electrons. The number of carbonyl (C=O) groups excluding carboxylic acids is 1. The molecule has 1 aromatic heterocycles. The average Bonchev–Trinajstić information content (AvgIpc) is 2.90. The predicted octanol–water partition coefficient (Wildman–Crippen LogP) is 0.338. The normalized spacial score (nSPS) is 27.0. The Morgan fingerprint density at radius 2 is 2.12 bits per heavy atom. The van der Waals surface area contributed by atoms with E-state index < -0.39 is 0 Å². The third kappa shape index (κ3) is 3.61.